The van der Waals surface area contributed by atoms with Crippen LogP contribution in [0.5, 0.6) is 17.2 Å². The number of phenolic OH excluding ortho intramolecular Hbond substituents is 1. The van der Waals surface area contributed by atoms with Gasteiger partial charge in [-0.2, -0.15) is 0 Å². The summed E-state index contributed by atoms with van der Waals surface area (Å²) in [4.78, 5) is 0. The van der Waals surface area contributed by atoms with E-state index in [1.165, 1.54) is 11.1 Å². The molecule has 116 valence electrons. The van der Waals surface area contributed by atoms with E-state index in [2.05, 4.69) is 32.9 Å². The number of hydrogen-bond acceptors (Lipinski definition) is 3. The molecule has 0 spiro atoms. The molecule has 1 aromatic rings. The van der Waals surface area contributed by atoms with E-state index in [1.807, 2.05) is 6.07 Å². The molecule has 0 unspecified atom stereocenters. The zero-order chi connectivity index (χ0) is 15.8. The summed E-state index contributed by atoms with van der Waals surface area (Å²) in [7, 11) is 3.15. The van der Waals surface area contributed by atoms with Gasteiger partial charge in [-0.05, 0) is 46.1 Å². The minimum absolute atomic E-state index is 0.187. The Balaban J connectivity index is 2.80. The van der Waals surface area contributed by atoms with Gasteiger partial charge in [0.25, 0.3) is 0 Å². The Morgan fingerprint density at radius 3 is 2.38 bits per heavy atom. The van der Waals surface area contributed by atoms with Crippen molar-refractivity contribution in [2.24, 2.45) is 0 Å². The molecule has 0 saturated carbocycles. The Hall–Kier alpha value is -1.90. The van der Waals surface area contributed by atoms with Crippen molar-refractivity contribution in [1.82, 2.24) is 0 Å². The fraction of sp³-hybridized carbons (Fsp3) is 0.444. The third-order valence-electron chi connectivity index (χ3n) is 3.34. The van der Waals surface area contributed by atoms with Gasteiger partial charge in [-0.3, -0.25) is 0 Å². The molecule has 3 heteroatoms. The van der Waals surface area contributed by atoms with Gasteiger partial charge in [0, 0.05) is 11.6 Å². The summed E-state index contributed by atoms with van der Waals surface area (Å²) in [6.07, 6.45) is 7.14. The molecule has 21 heavy (non-hydrogen) atoms. The van der Waals surface area contributed by atoms with Gasteiger partial charge < -0.3 is 14.6 Å². The highest BCUT2D eigenvalue weighted by Crippen LogP contribution is 2.35. The summed E-state index contributed by atoms with van der Waals surface area (Å²) < 4.78 is 10.4. The van der Waals surface area contributed by atoms with Crippen LogP contribution in [-0.4, -0.2) is 19.3 Å². The smallest absolute Gasteiger partial charge is 0.164 e. The van der Waals surface area contributed by atoms with Crippen LogP contribution in [0.2, 0.25) is 0 Å². The minimum Gasteiger partial charge on any atom is -0.504 e. The molecule has 1 N–H and O–H groups in total. The standard InChI is InChI=1S/C18H26O3/c1-13(2)7-6-8-14(3)9-10-15-11-16(20-4)12-17(21-5)18(15)19/h7,9,11-12,19H,6,8,10H2,1-5H3/b14-9+. The van der Waals surface area contributed by atoms with Crippen LogP contribution in [-0.2, 0) is 6.42 Å². The highest BCUT2D eigenvalue weighted by atomic mass is 16.5. The molecule has 0 aliphatic heterocycles. The minimum atomic E-state index is 0.187. The van der Waals surface area contributed by atoms with Crippen molar-refractivity contribution in [3.8, 4) is 17.2 Å². The van der Waals surface area contributed by atoms with Crippen LogP contribution in [0.1, 0.15) is 39.2 Å². The second-order valence-corrected chi connectivity index (χ2v) is 5.41. The Bertz CT molecular complexity index is 524. The average Bonchev–Trinajstić information content (AvgIpc) is 2.45. The van der Waals surface area contributed by atoms with E-state index in [0.717, 1.165) is 18.4 Å². The summed E-state index contributed by atoms with van der Waals surface area (Å²) in [5.41, 5.74) is 3.47. The van der Waals surface area contributed by atoms with E-state index in [4.69, 9.17) is 9.47 Å². The summed E-state index contributed by atoms with van der Waals surface area (Å²) >= 11 is 0. The SMILES string of the molecule is COc1cc(C/C=C(\C)CCC=C(C)C)c(O)c(OC)c1. The molecule has 0 amide bonds. The largest absolute Gasteiger partial charge is 0.504 e. The van der Waals surface area contributed by atoms with Crippen molar-refractivity contribution in [3.05, 3.63) is 41.0 Å². The quantitative estimate of drug-likeness (QED) is 0.743. The molecule has 0 radical (unpaired) electrons. The van der Waals surface area contributed by atoms with Gasteiger partial charge in [0.1, 0.15) is 5.75 Å². The molecule has 0 aliphatic carbocycles. The number of hydrogen-bond donors (Lipinski definition) is 1. The molecule has 0 heterocycles. The lowest BCUT2D eigenvalue weighted by molar-refractivity contribution is 0.362. The number of methoxy groups -OCH3 is 2. The van der Waals surface area contributed by atoms with Gasteiger partial charge in [-0.15, -0.1) is 0 Å². The Kier molecular flexibility index (Phi) is 6.86. The molecule has 0 fully saturated rings. The van der Waals surface area contributed by atoms with Crippen molar-refractivity contribution >= 4 is 0 Å². The van der Waals surface area contributed by atoms with Gasteiger partial charge >= 0.3 is 0 Å². The molecule has 3 nitrogen and oxygen atoms in total. The summed E-state index contributed by atoms with van der Waals surface area (Å²) in [6.45, 7) is 6.34. The normalized spacial score (nSPS) is 11.2. The van der Waals surface area contributed by atoms with Gasteiger partial charge in [0.15, 0.2) is 11.5 Å². The van der Waals surface area contributed by atoms with Crippen LogP contribution in [0.15, 0.2) is 35.4 Å². The van der Waals surface area contributed by atoms with E-state index >= 15 is 0 Å². The van der Waals surface area contributed by atoms with Crippen LogP contribution in [0, 0.1) is 0 Å². The van der Waals surface area contributed by atoms with Crippen LogP contribution in [0.3, 0.4) is 0 Å². The Labute approximate surface area is 127 Å². The highest BCUT2D eigenvalue weighted by molar-refractivity contribution is 5.51. The summed E-state index contributed by atoms with van der Waals surface area (Å²) in [5, 5.41) is 10.2. The zero-order valence-corrected chi connectivity index (χ0v) is 13.7. The fourth-order valence-electron chi connectivity index (χ4n) is 2.04. The first kappa shape index (κ1) is 17.2. The third kappa shape index (κ3) is 5.54. The fourth-order valence-corrected chi connectivity index (χ4v) is 2.04. The maximum absolute atomic E-state index is 10.2. The number of allylic oxidation sites excluding steroid dienone is 4. The van der Waals surface area contributed by atoms with Crippen molar-refractivity contribution in [2.75, 3.05) is 14.2 Å². The molecule has 0 aromatic heterocycles. The topological polar surface area (TPSA) is 38.7 Å². The first-order valence-electron chi connectivity index (χ1n) is 7.20. The maximum atomic E-state index is 10.2. The van der Waals surface area contributed by atoms with E-state index in [9.17, 15) is 5.11 Å². The van der Waals surface area contributed by atoms with Gasteiger partial charge in [0.2, 0.25) is 0 Å². The molecular weight excluding hydrogens is 264 g/mol. The molecule has 0 saturated heterocycles. The van der Waals surface area contributed by atoms with Crippen LogP contribution in [0.25, 0.3) is 0 Å². The second-order valence-electron chi connectivity index (χ2n) is 5.41. The van der Waals surface area contributed by atoms with Gasteiger partial charge in [-0.25, -0.2) is 0 Å². The van der Waals surface area contributed by atoms with Gasteiger partial charge in [-0.1, -0.05) is 23.3 Å². The van der Waals surface area contributed by atoms with Crippen molar-refractivity contribution in [3.63, 3.8) is 0 Å². The molecule has 1 rings (SSSR count). The first-order chi connectivity index (χ1) is 9.97. The third-order valence-corrected chi connectivity index (χ3v) is 3.34. The lowest BCUT2D eigenvalue weighted by Crippen LogP contribution is -1.93. The number of rotatable bonds is 7. The number of ether oxygens (including phenoxy) is 2. The van der Waals surface area contributed by atoms with E-state index in [-0.39, 0.29) is 5.75 Å². The number of aromatic hydroxyl groups is 1. The second kappa shape index (κ2) is 8.40. The van der Waals surface area contributed by atoms with E-state index < -0.39 is 0 Å². The predicted molar refractivity (Wildman–Crippen MR) is 87.3 cm³/mol. The molecule has 1 aromatic carbocycles. The van der Waals surface area contributed by atoms with Crippen molar-refractivity contribution in [2.45, 2.75) is 40.0 Å². The number of phenols is 1. The summed E-state index contributed by atoms with van der Waals surface area (Å²) in [6, 6.07) is 3.53. The maximum Gasteiger partial charge on any atom is 0.164 e. The first-order valence-corrected chi connectivity index (χ1v) is 7.20. The van der Waals surface area contributed by atoms with Crippen molar-refractivity contribution in [1.29, 1.82) is 0 Å². The van der Waals surface area contributed by atoms with Gasteiger partial charge in [0.05, 0.1) is 14.2 Å². The molecular formula is C18H26O3. The lowest BCUT2D eigenvalue weighted by Gasteiger charge is -2.11. The van der Waals surface area contributed by atoms with Crippen LogP contribution < -0.4 is 9.47 Å². The summed E-state index contributed by atoms with van der Waals surface area (Å²) in [5.74, 6) is 1.32. The monoisotopic (exact) mass is 290 g/mol. The highest BCUT2D eigenvalue weighted by Gasteiger charge is 2.10. The Morgan fingerprint density at radius 2 is 1.81 bits per heavy atom. The molecule has 0 aliphatic rings. The number of benzene rings is 1. The van der Waals surface area contributed by atoms with E-state index in [0.29, 0.717) is 17.9 Å². The average molecular weight is 290 g/mol. The van der Waals surface area contributed by atoms with E-state index in [1.54, 1.807) is 20.3 Å². The lowest BCUT2D eigenvalue weighted by atomic mass is 10.0. The zero-order valence-electron chi connectivity index (χ0n) is 13.7. The van der Waals surface area contributed by atoms with Crippen molar-refractivity contribution < 1.29 is 14.6 Å². The van der Waals surface area contributed by atoms with Crippen LogP contribution >= 0.6 is 0 Å². The van der Waals surface area contributed by atoms with Crippen LogP contribution in [0.4, 0.5) is 0 Å². The predicted octanol–water partition coefficient (Wildman–Crippen LogP) is 4.64. The molecule has 0 atom stereocenters. The molecule has 0 bridgehead atoms. The Morgan fingerprint density at radius 1 is 1.10 bits per heavy atom.